The molecule has 0 radical (unpaired) electrons. The molecule has 0 spiro atoms. The first-order chi connectivity index (χ1) is 7.75. The zero-order valence-corrected chi connectivity index (χ0v) is 10.2. The third kappa shape index (κ3) is 1.54. The van der Waals surface area contributed by atoms with Gasteiger partial charge in [-0.1, -0.05) is 31.4 Å². The molecule has 2 unspecified atom stereocenters. The highest BCUT2D eigenvalue weighted by Gasteiger charge is 2.26. The van der Waals surface area contributed by atoms with E-state index in [0.29, 0.717) is 5.92 Å². The molecule has 1 nitrogen and oxygen atoms in total. The van der Waals surface area contributed by atoms with E-state index in [1.807, 2.05) is 6.07 Å². The van der Waals surface area contributed by atoms with Crippen molar-refractivity contribution in [1.29, 1.82) is 0 Å². The molecule has 84 valence electrons. The van der Waals surface area contributed by atoms with Gasteiger partial charge in [-0.15, -0.1) is 0 Å². The van der Waals surface area contributed by atoms with Crippen molar-refractivity contribution >= 4 is 22.5 Å². The minimum atomic E-state index is 0.715. The summed E-state index contributed by atoms with van der Waals surface area (Å²) in [5.74, 6) is 1.52. The van der Waals surface area contributed by atoms with Crippen molar-refractivity contribution < 1.29 is 0 Å². The van der Waals surface area contributed by atoms with Crippen molar-refractivity contribution in [2.75, 3.05) is 0 Å². The minimum Gasteiger partial charge on any atom is -0.361 e. The van der Waals surface area contributed by atoms with Crippen LogP contribution < -0.4 is 0 Å². The van der Waals surface area contributed by atoms with E-state index in [1.54, 1.807) is 0 Å². The van der Waals surface area contributed by atoms with Gasteiger partial charge in [0.25, 0.3) is 0 Å². The van der Waals surface area contributed by atoms with Gasteiger partial charge in [-0.05, 0) is 42.0 Å². The minimum absolute atomic E-state index is 0.715. The lowest BCUT2D eigenvalue weighted by atomic mass is 9.90. The van der Waals surface area contributed by atoms with Crippen LogP contribution in [0.25, 0.3) is 10.9 Å². The lowest BCUT2D eigenvalue weighted by molar-refractivity contribution is 0.536. The van der Waals surface area contributed by atoms with Crippen molar-refractivity contribution in [1.82, 2.24) is 4.98 Å². The van der Waals surface area contributed by atoms with E-state index in [0.717, 1.165) is 10.9 Å². The van der Waals surface area contributed by atoms with Crippen molar-refractivity contribution in [3.8, 4) is 0 Å². The van der Waals surface area contributed by atoms with Crippen LogP contribution in [-0.2, 0) is 0 Å². The normalized spacial score (nSPS) is 25.4. The number of benzene rings is 1. The molecule has 2 atom stereocenters. The molecule has 2 aromatic rings. The van der Waals surface area contributed by atoms with E-state index >= 15 is 0 Å². The summed E-state index contributed by atoms with van der Waals surface area (Å²) in [7, 11) is 0. The summed E-state index contributed by atoms with van der Waals surface area (Å²) in [4.78, 5) is 3.35. The van der Waals surface area contributed by atoms with Crippen molar-refractivity contribution in [3.05, 3.63) is 35.0 Å². The Kier molecular flexibility index (Phi) is 2.44. The number of halogens is 1. The van der Waals surface area contributed by atoms with E-state index in [1.165, 1.54) is 35.7 Å². The molecular weight excluding hydrogens is 218 g/mol. The van der Waals surface area contributed by atoms with Crippen LogP contribution in [0.3, 0.4) is 0 Å². The number of hydrogen-bond acceptors (Lipinski definition) is 0. The van der Waals surface area contributed by atoms with Gasteiger partial charge in [0, 0.05) is 22.1 Å². The number of H-pyrrole nitrogens is 1. The largest absolute Gasteiger partial charge is 0.361 e. The highest BCUT2D eigenvalue weighted by Crippen LogP contribution is 2.42. The Hall–Kier alpha value is -0.950. The standard InChI is InChI=1S/C14H16ClN/c1-9-3-2-4-11(9)13-8-16-14-6-5-10(15)7-12(13)14/h5-9,11,16H,2-4H2,1H3. The van der Waals surface area contributed by atoms with E-state index in [2.05, 4.69) is 30.2 Å². The summed E-state index contributed by atoms with van der Waals surface area (Å²) in [6, 6.07) is 6.11. The average molecular weight is 234 g/mol. The monoisotopic (exact) mass is 233 g/mol. The lowest BCUT2D eigenvalue weighted by Gasteiger charge is -2.14. The van der Waals surface area contributed by atoms with Gasteiger partial charge in [-0.25, -0.2) is 0 Å². The second-order valence-electron chi connectivity index (χ2n) is 4.95. The maximum atomic E-state index is 6.08. The fourth-order valence-electron chi connectivity index (χ4n) is 3.03. The van der Waals surface area contributed by atoms with Crippen LogP contribution in [0.5, 0.6) is 0 Å². The topological polar surface area (TPSA) is 15.8 Å². The van der Waals surface area contributed by atoms with Gasteiger partial charge in [0.1, 0.15) is 0 Å². The molecular formula is C14H16ClN. The number of fused-ring (bicyclic) bond motifs is 1. The summed E-state index contributed by atoms with van der Waals surface area (Å²) in [6.45, 7) is 2.36. The highest BCUT2D eigenvalue weighted by atomic mass is 35.5. The van der Waals surface area contributed by atoms with Crippen molar-refractivity contribution in [2.24, 2.45) is 5.92 Å². The number of aromatic nitrogens is 1. The highest BCUT2D eigenvalue weighted by molar-refractivity contribution is 6.31. The number of aromatic amines is 1. The molecule has 1 heterocycles. The smallest absolute Gasteiger partial charge is 0.0457 e. The Labute approximate surface area is 101 Å². The molecule has 1 saturated carbocycles. The van der Waals surface area contributed by atoms with Gasteiger partial charge in [0.15, 0.2) is 0 Å². The van der Waals surface area contributed by atoms with Crippen molar-refractivity contribution in [2.45, 2.75) is 32.1 Å². The molecule has 2 heteroatoms. The first-order valence-corrected chi connectivity index (χ1v) is 6.40. The lowest BCUT2D eigenvalue weighted by Crippen LogP contribution is -2.00. The van der Waals surface area contributed by atoms with Crippen LogP contribution in [-0.4, -0.2) is 4.98 Å². The zero-order valence-electron chi connectivity index (χ0n) is 9.46. The summed E-state index contributed by atoms with van der Waals surface area (Å²) < 4.78 is 0. The van der Waals surface area contributed by atoms with E-state index in [4.69, 9.17) is 11.6 Å². The molecule has 0 amide bonds. The molecule has 0 aliphatic heterocycles. The molecule has 1 aliphatic carbocycles. The first-order valence-electron chi connectivity index (χ1n) is 6.02. The molecule has 1 fully saturated rings. The van der Waals surface area contributed by atoms with Crippen LogP contribution in [0.1, 0.15) is 37.7 Å². The van der Waals surface area contributed by atoms with Crippen LogP contribution in [0, 0.1) is 5.92 Å². The van der Waals surface area contributed by atoms with E-state index in [-0.39, 0.29) is 0 Å². The number of rotatable bonds is 1. The SMILES string of the molecule is CC1CCCC1c1c[nH]c2ccc(Cl)cc12. The van der Waals surface area contributed by atoms with Crippen LogP contribution in [0.2, 0.25) is 5.02 Å². The number of nitrogens with one attached hydrogen (secondary N) is 1. The van der Waals surface area contributed by atoms with Gasteiger partial charge < -0.3 is 4.98 Å². The van der Waals surface area contributed by atoms with Crippen molar-refractivity contribution in [3.63, 3.8) is 0 Å². The molecule has 1 aromatic carbocycles. The Morgan fingerprint density at radius 2 is 2.19 bits per heavy atom. The molecule has 16 heavy (non-hydrogen) atoms. The summed E-state index contributed by atoms with van der Waals surface area (Å²) in [5, 5.41) is 2.14. The van der Waals surface area contributed by atoms with Gasteiger partial charge in [-0.2, -0.15) is 0 Å². The fourth-order valence-corrected chi connectivity index (χ4v) is 3.20. The molecule has 1 N–H and O–H groups in total. The maximum absolute atomic E-state index is 6.08. The zero-order chi connectivity index (χ0) is 11.1. The molecule has 1 aromatic heterocycles. The Balaban J connectivity index is 2.12. The summed E-state index contributed by atoms with van der Waals surface area (Å²) in [6.07, 6.45) is 6.21. The van der Waals surface area contributed by atoms with Gasteiger partial charge in [0.05, 0.1) is 0 Å². The van der Waals surface area contributed by atoms with Gasteiger partial charge >= 0.3 is 0 Å². The quantitative estimate of drug-likeness (QED) is 0.733. The average Bonchev–Trinajstić information content (AvgIpc) is 2.83. The van der Waals surface area contributed by atoms with Crippen LogP contribution in [0.4, 0.5) is 0 Å². The Morgan fingerprint density at radius 3 is 2.94 bits per heavy atom. The maximum Gasteiger partial charge on any atom is 0.0457 e. The molecule has 0 saturated heterocycles. The fraction of sp³-hybridized carbons (Fsp3) is 0.429. The molecule has 3 rings (SSSR count). The van der Waals surface area contributed by atoms with Gasteiger partial charge in [0.2, 0.25) is 0 Å². The van der Waals surface area contributed by atoms with Crippen LogP contribution in [0.15, 0.2) is 24.4 Å². The third-order valence-electron chi connectivity index (χ3n) is 3.94. The third-order valence-corrected chi connectivity index (χ3v) is 4.17. The molecule has 1 aliphatic rings. The molecule has 0 bridgehead atoms. The second-order valence-corrected chi connectivity index (χ2v) is 5.39. The van der Waals surface area contributed by atoms with Crippen LogP contribution >= 0.6 is 11.6 Å². The summed E-state index contributed by atoms with van der Waals surface area (Å²) >= 11 is 6.08. The summed E-state index contributed by atoms with van der Waals surface area (Å²) in [5.41, 5.74) is 2.67. The second kappa shape index (κ2) is 3.81. The van der Waals surface area contributed by atoms with E-state index in [9.17, 15) is 0 Å². The Morgan fingerprint density at radius 1 is 1.31 bits per heavy atom. The first kappa shape index (κ1) is 10.2. The predicted molar refractivity (Wildman–Crippen MR) is 69.1 cm³/mol. The predicted octanol–water partition coefficient (Wildman–Crippen LogP) is 4.72. The van der Waals surface area contributed by atoms with Gasteiger partial charge in [-0.3, -0.25) is 0 Å². The van der Waals surface area contributed by atoms with E-state index < -0.39 is 0 Å². The number of hydrogen-bond donors (Lipinski definition) is 1. The Bertz CT molecular complexity index is 514.